The number of hydrogen-bond donors (Lipinski definition) is 2. The average molecular weight is 263 g/mol. The number of amides is 1. The van der Waals surface area contributed by atoms with Crippen LogP contribution in [0.2, 0.25) is 0 Å². The highest BCUT2D eigenvalue weighted by molar-refractivity contribution is 5.85. The lowest BCUT2D eigenvalue weighted by Gasteiger charge is -2.21. The molecule has 1 rings (SSSR count). The van der Waals surface area contributed by atoms with Crippen LogP contribution in [0.5, 0.6) is 0 Å². The number of carboxylic acids is 1. The summed E-state index contributed by atoms with van der Waals surface area (Å²) in [5.74, 6) is -1.28. The third kappa shape index (κ3) is 4.73. The van der Waals surface area contributed by atoms with Crippen LogP contribution in [0.1, 0.15) is 26.3 Å². The van der Waals surface area contributed by atoms with Crippen molar-refractivity contribution in [2.24, 2.45) is 11.8 Å². The van der Waals surface area contributed by atoms with E-state index in [9.17, 15) is 9.59 Å². The molecule has 0 aliphatic carbocycles. The van der Waals surface area contributed by atoms with Gasteiger partial charge in [0.15, 0.2) is 0 Å². The number of rotatable bonds is 6. The minimum absolute atomic E-state index is 0.154. The molecule has 0 fully saturated rings. The van der Waals surface area contributed by atoms with Crippen molar-refractivity contribution >= 4 is 11.9 Å². The highest BCUT2D eigenvalue weighted by Gasteiger charge is 2.25. The first-order valence-corrected chi connectivity index (χ1v) is 6.49. The minimum atomic E-state index is -1.02. The summed E-state index contributed by atoms with van der Waals surface area (Å²) in [5, 5.41) is 11.4. The normalized spacial score (nSPS) is 13.9. The molecule has 4 nitrogen and oxygen atoms in total. The second-order valence-corrected chi connectivity index (χ2v) is 5.11. The number of benzene rings is 1. The van der Waals surface area contributed by atoms with E-state index < -0.39 is 12.0 Å². The van der Waals surface area contributed by atoms with Crippen molar-refractivity contribution < 1.29 is 14.7 Å². The largest absolute Gasteiger partial charge is 0.480 e. The van der Waals surface area contributed by atoms with Gasteiger partial charge >= 0.3 is 5.97 Å². The maximum atomic E-state index is 12.1. The summed E-state index contributed by atoms with van der Waals surface area (Å²) < 4.78 is 0. The summed E-state index contributed by atoms with van der Waals surface area (Å²) in [6.07, 6.45) is 0.622. The Kier molecular flexibility index (Phi) is 5.55. The summed E-state index contributed by atoms with van der Waals surface area (Å²) in [4.78, 5) is 22.9. The number of carboxylic acid groups (broad SMARTS) is 1. The van der Waals surface area contributed by atoms with E-state index in [0.29, 0.717) is 6.42 Å². The first kappa shape index (κ1) is 15.2. The smallest absolute Gasteiger partial charge is 0.325 e. The molecule has 1 unspecified atom stereocenters. The zero-order chi connectivity index (χ0) is 14.4. The van der Waals surface area contributed by atoms with Crippen molar-refractivity contribution in [3.05, 3.63) is 35.9 Å². The van der Waals surface area contributed by atoms with Crippen LogP contribution >= 0.6 is 0 Å². The topological polar surface area (TPSA) is 66.4 Å². The molecule has 0 aliphatic rings. The molecule has 1 amide bonds. The summed E-state index contributed by atoms with van der Waals surface area (Å²) in [5.41, 5.74) is 1.08. The van der Waals surface area contributed by atoms with E-state index >= 15 is 0 Å². The molecule has 0 bridgehead atoms. The fourth-order valence-corrected chi connectivity index (χ4v) is 1.88. The molecule has 19 heavy (non-hydrogen) atoms. The van der Waals surface area contributed by atoms with Gasteiger partial charge in [0.25, 0.3) is 0 Å². The van der Waals surface area contributed by atoms with Gasteiger partial charge in [0.2, 0.25) is 5.91 Å². The Morgan fingerprint density at radius 2 is 1.74 bits per heavy atom. The van der Waals surface area contributed by atoms with Gasteiger partial charge < -0.3 is 10.4 Å². The Labute approximate surface area is 113 Å². The van der Waals surface area contributed by atoms with Gasteiger partial charge in [0.05, 0.1) is 0 Å². The standard InChI is InChI=1S/C15H21NO3/c1-10(2)13(9-12-7-5-4-6-8-12)14(17)16-11(3)15(18)19/h4-8,10-11,13H,9H2,1-3H3,(H,16,17)(H,18,19)/t11-,13?/m1/s1. The predicted molar refractivity (Wildman–Crippen MR) is 73.7 cm³/mol. The molecule has 104 valence electrons. The molecule has 1 aromatic carbocycles. The first-order valence-electron chi connectivity index (χ1n) is 6.49. The summed E-state index contributed by atoms with van der Waals surface area (Å²) in [6, 6.07) is 8.90. The van der Waals surface area contributed by atoms with Gasteiger partial charge in [-0.05, 0) is 24.8 Å². The fraction of sp³-hybridized carbons (Fsp3) is 0.467. The molecule has 2 atom stereocenters. The minimum Gasteiger partial charge on any atom is -0.480 e. The molecule has 0 spiro atoms. The van der Waals surface area contributed by atoms with Gasteiger partial charge in [-0.15, -0.1) is 0 Å². The van der Waals surface area contributed by atoms with E-state index in [0.717, 1.165) is 5.56 Å². The summed E-state index contributed by atoms with van der Waals surface area (Å²) in [6.45, 7) is 5.41. The van der Waals surface area contributed by atoms with Crippen LogP contribution in [0, 0.1) is 11.8 Å². The van der Waals surface area contributed by atoms with Crippen molar-refractivity contribution in [2.75, 3.05) is 0 Å². The Hall–Kier alpha value is -1.84. The highest BCUT2D eigenvalue weighted by Crippen LogP contribution is 2.17. The van der Waals surface area contributed by atoms with Crippen LogP contribution in [0.25, 0.3) is 0 Å². The van der Waals surface area contributed by atoms with E-state index in [2.05, 4.69) is 5.32 Å². The third-order valence-electron chi connectivity index (χ3n) is 3.17. The molecule has 2 N–H and O–H groups in total. The van der Waals surface area contributed by atoms with Gasteiger partial charge in [-0.25, -0.2) is 0 Å². The Morgan fingerprint density at radius 3 is 2.21 bits per heavy atom. The SMILES string of the molecule is CC(C)C(Cc1ccccc1)C(=O)N[C@H](C)C(=O)O. The van der Waals surface area contributed by atoms with Crippen molar-refractivity contribution in [3.63, 3.8) is 0 Å². The second-order valence-electron chi connectivity index (χ2n) is 5.11. The van der Waals surface area contributed by atoms with Crippen LogP contribution < -0.4 is 5.32 Å². The quantitative estimate of drug-likeness (QED) is 0.826. The lowest BCUT2D eigenvalue weighted by atomic mass is 9.88. The predicted octanol–water partition coefficient (Wildman–Crippen LogP) is 2.09. The van der Waals surface area contributed by atoms with Gasteiger partial charge in [-0.3, -0.25) is 9.59 Å². The highest BCUT2D eigenvalue weighted by atomic mass is 16.4. The van der Waals surface area contributed by atoms with E-state index in [1.807, 2.05) is 44.2 Å². The molecular formula is C15H21NO3. The molecule has 0 aromatic heterocycles. The lowest BCUT2D eigenvalue weighted by molar-refractivity contribution is -0.142. The molecule has 0 aliphatic heterocycles. The Morgan fingerprint density at radius 1 is 1.16 bits per heavy atom. The molecule has 0 heterocycles. The van der Waals surface area contributed by atoms with Crippen LogP contribution in [-0.4, -0.2) is 23.0 Å². The van der Waals surface area contributed by atoms with Crippen LogP contribution in [-0.2, 0) is 16.0 Å². The maximum Gasteiger partial charge on any atom is 0.325 e. The third-order valence-corrected chi connectivity index (χ3v) is 3.17. The van der Waals surface area contributed by atoms with Crippen LogP contribution in [0.3, 0.4) is 0 Å². The molecule has 1 aromatic rings. The Balaban J connectivity index is 2.72. The zero-order valence-corrected chi connectivity index (χ0v) is 11.6. The van der Waals surface area contributed by atoms with Gasteiger partial charge in [-0.2, -0.15) is 0 Å². The molecule has 4 heteroatoms. The van der Waals surface area contributed by atoms with Gasteiger partial charge in [0, 0.05) is 5.92 Å². The van der Waals surface area contributed by atoms with E-state index in [1.54, 1.807) is 0 Å². The van der Waals surface area contributed by atoms with E-state index in [-0.39, 0.29) is 17.7 Å². The Bertz CT molecular complexity index is 428. The van der Waals surface area contributed by atoms with Crippen LogP contribution in [0.15, 0.2) is 30.3 Å². The summed E-state index contributed by atoms with van der Waals surface area (Å²) >= 11 is 0. The number of carbonyl (C=O) groups excluding carboxylic acids is 1. The lowest BCUT2D eigenvalue weighted by Crippen LogP contribution is -2.43. The number of hydrogen-bond acceptors (Lipinski definition) is 2. The van der Waals surface area contributed by atoms with E-state index in [4.69, 9.17) is 5.11 Å². The maximum absolute atomic E-state index is 12.1. The van der Waals surface area contributed by atoms with Crippen LogP contribution in [0.4, 0.5) is 0 Å². The monoisotopic (exact) mass is 263 g/mol. The number of aliphatic carboxylic acids is 1. The van der Waals surface area contributed by atoms with E-state index in [1.165, 1.54) is 6.92 Å². The second kappa shape index (κ2) is 6.92. The molecular weight excluding hydrogens is 242 g/mol. The molecule has 0 radical (unpaired) electrons. The van der Waals surface area contributed by atoms with Crippen molar-refractivity contribution in [1.82, 2.24) is 5.32 Å². The van der Waals surface area contributed by atoms with Crippen molar-refractivity contribution in [2.45, 2.75) is 33.2 Å². The zero-order valence-electron chi connectivity index (χ0n) is 11.6. The van der Waals surface area contributed by atoms with Gasteiger partial charge in [0.1, 0.15) is 6.04 Å². The molecule has 0 saturated heterocycles. The van der Waals surface area contributed by atoms with Crippen molar-refractivity contribution in [3.8, 4) is 0 Å². The number of nitrogens with one attached hydrogen (secondary N) is 1. The number of carbonyl (C=O) groups is 2. The fourth-order valence-electron chi connectivity index (χ4n) is 1.88. The summed E-state index contributed by atoms with van der Waals surface area (Å²) in [7, 11) is 0. The van der Waals surface area contributed by atoms with Crippen molar-refractivity contribution in [1.29, 1.82) is 0 Å². The first-order chi connectivity index (χ1) is 8.91. The van der Waals surface area contributed by atoms with Gasteiger partial charge in [-0.1, -0.05) is 44.2 Å². The average Bonchev–Trinajstić information content (AvgIpc) is 2.36. The molecule has 0 saturated carbocycles.